The molecule has 2 fully saturated rings. The summed E-state index contributed by atoms with van der Waals surface area (Å²) in [6.45, 7) is 6.13. The summed E-state index contributed by atoms with van der Waals surface area (Å²) in [4.78, 5) is 15.4. The van der Waals surface area contributed by atoms with Gasteiger partial charge in [-0.3, -0.25) is 4.79 Å². The highest BCUT2D eigenvalue weighted by atomic mass is 19.3. The van der Waals surface area contributed by atoms with E-state index in [-0.39, 0.29) is 0 Å². The van der Waals surface area contributed by atoms with E-state index in [0.29, 0.717) is 26.1 Å². The van der Waals surface area contributed by atoms with Gasteiger partial charge in [-0.15, -0.1) is 0 Å². The molecule has 0 spiro atoms. The zero-order chi connectivity index (χ0) is 14.8. The first kappa shape index (κ1) is 15.7. The molecule has 3 nitrogen and oxygen atoms in total. The highest BCUT2D eigenvalue weighted by molar-refractivity contribution is 5.83. The van der Waals surface area contributed by atoms with Gasteiger partial charge in [-0.2, -0.15) is 8.78 Å². The molecule has 2 aliphatic rings. The predicted molar refractivity (Wildman–Crippen MR) is 74.8 cm³/mol. The Morgan fingerprint density at radius 1 is 1.10 bits per heavy atom. The van der Waals surface area contributed by atoms with Crippen molar-refractivity contribution in [3.8, 4) is 0 Å². The molecule has 0 aromatic carbocycles. The Labute approximate surface area is 120 Å². The lowest BCUT2D eigenvalue weighted by Gasteiger charge is -2.42. The lowest BCUT2D eigenvalue weighted by Crippen LogP contribution is -2.51. The van der Waals surface area contributed by atoms with Crippen LogP contribution in [0.2, 0.25) is 0 Å². The highest BCUT2D eigenvalue weighted by Crippen LogP contribution is 2.26. The number of carbonyl (C=O) groups is 1. The molecule has 5 heteroatoms. The molecular formula is C15H26F2N2O. The minimum absolute atomic E-state index is 0.473. The SMILES string of the molecule is CCC1CCN(C2CCN(C(=O)C(C)(F)F)CC2)CC1. The van der Waals surface area contributed by atoms with Crippen molar-refractivity contribution in [3.63, 3.8) is 0 Å². The molecule has 0 bridgehead atoms. The molecule has 0 aliphatic carbocycles. The molecule has 0 N–H and O–H groups in total. The second kappa shape index (κ2) is 6.37. The van der Waals surface area contributed by atoms with Crippen LogP contribution in [0, 0.1) is 5.92 Å². The average molecular weight is 288 g/mol. The number of carbonyl (C=O) groups excluding carboxylic acids is 1. The van der Waals surface area contributed by atoms with Crippen LogP contribution in [-0.2, 0) is 4.79 Å². The van der Waals surface area contributed by atoms with Crippen molar-refractivity contribution in [1.29, 1.82) is 0 Å². The average Bonchev–Trinajstić information content (AvgIpc) is 2.46. The van der Waals surface area contributed by atoms with Gasteiger partial charge in [0.15, 0.2) is 0 Å². The highest BCUT2D eigenvalue weighted by Gasteiger charge is 2.38. The quantitative estimate of drug-likeness (QED) is 0.797. The van der Waals surface area contributed by atoms with E-state index in [9.17, 15) is 13.6 Å². The van der Waals surface area contributed by atoms with Gasteiger partial charge >= 0.3 is 5.92 Å². The van der Waals surface area contributed by atoms with Gasteiger partial charge in [0.1, 0.15) is 0 Å². The molecule has 1 amide bonds. The second-order valence-corrected chi connectivity index (χ2v) is 6.30. The van der Waals surface area contributed by atoms with Gasteiger partial charge in [0.2, 0.25) is 0 Å². The van der Waals surface area contributed by atoms with Crippen molar-refractivity contribution >= 4 is 5.91 Å². The number of likely N-dealkylation sites (tertiary alicyclic amines) is 2. The first-order chi connectivity index (χ1) is 9.41. The van der Waals surface area contributed by atoms with Crippen LogP contribution in [0.15, 0.2) is 0 Å². The fourth-order valence-electron chi connectivity index (χ4n) is 3.44. The third-order valence-electron chi connectivity index (χ3n) is 4.87. The number of halogens is 2. The second-order valence-electron chi connectivity index (χ2n) is 6.30. The normalized spacial score (nSPS) is 24.1. The Morgan fingerprint density at radius 3 is 2.10 bits per heavy atom. The van der Waals surface area contributed by atoms with Crippen LogP contribution in [0.25, 0.3) is 0 Å². The van der Waals surface area contributed by atoms with Gasteiger partial charge in [-0.25, -0.2) is 0 Å². The van der Waals surface area contributed by atoms with E-state index in [0.717, 1.165) is 31.8 Å². The minimum atomic E-state index is -3.23. The van der Waals surface area contributed by atoms with Gasteiger partial charge in [0.25, 0.3) is 5.91 Å². The van der Waals surface area contributed by atoms with Crippen LogP contribution in [0.3, 0.4) is 0 Å². The first-order valence-corrected chi connectivity index (χ1v) is 7.83. The smallest absolute Gasteiger partial charge is 0.322 e. The lowest BCUT2D eigenvalue weighted by molar-refractivity contribution is -0.156. The van der Waals surface area contributed by atoms with Crippen LogP contribution in [0.4, 0.5) is 8.78 Å². The van der Waals surface area contributed by atoms with Crippen molar-refractivity contribution in [1.82, 2.24) is 9.80 Å². The molecule has 2 rings (SSSR count). The number of hydrogen-bond acceptors (Lipinski definition) is 2. The molecule has 0 saturated carbocycles. The molecule has 2 aliphatic heterocycles. The Kier molecular flexibility index (Phi) is 4.99. The number of rotatable bonds is 3. The van der Waals surface area contributed by atoms with E-state index in [4.69, 9.17) is 0 Å². The molecule has 2 heterocycles. The molecule has 116 valence electrons. The van der Waals surface area contributed by atoms with Gasteiger partial charge in [-0.1, -0.05) is 13.3 Å². The topological polar surface area (TPSA) is 23.6 Å². The maximum atomic E-state index is 13.0. The standard InChI is InChI=1S/C15H26F2N2O/c1-3-12-4-8-18(9-5-12)13-6-10-19(11-7-13)14(20)15(2,16)17/h12-13H,3-11H2,1-2H3. The molecule has 2 saturated heterocycles. The zero-order valence-corrected chi connectivity index (χ0v) is 12.6. The van der Waals surface area contributed by atoms with E-state index < -0.39 is 11.8 Å². The number of nitrogens with zero attached hydrogens (tertiary/aromatic N) is 2. The van der Waals surface area contributed by atoms with E-state index in [2.05, 4.69) is 11.8 Å². The van der Waals surface area contributed by atoms with E-state index in [1.807, 2.05) is 0 Å². The summed E-state index contributed by atoms with van der Waals surface area (Å²) in [5, 5.41) is 0. The van der Waals surface area contributed by atoms with Crippen LogP contribution in [-0.4, -0.2) is 53.9 Å². The largest absolute Gasteiger partial charge is 0.337 e. The molecule has 0 aromatic heterocycles. The molecule has 20 heavy (non-hydrogen) atoms. The van der Waals surface area contributed by atoms with Crippen LogP contribution in [0.1, 0.15) is 46.0 Å². The summed E-state index contributed by atoms with van der Waals surface area (Å²) in [6, 6.07) is 0.474. The molecule has 0 unspecified atom stereocenters. The zero-order valence-electron chi connectivity index (χ0n) is 12.6. The Hall–Kier alpha value is -0.710. The van der Waals surface area contributed by atoms with Crippen molar-refractivity contribution < 1.29 is 13.6 Å². The van der Waals surface area contributed by atoms with Crippen molar-refractivity contribution in [3.05, 3.63) is 0 Å². The fourth-order valence-corrected chi connectivity index (χ4v) is 3.44. The minimum Gasteiger partial charge on any atom is -0.337 e. The number of hydrogen-bond donors (Lipinski definition) is 0. The Morgan fingerprint density at radius 2 is 1.65 bits per heavy atom. The van der Waals surface area contributed by atoms with Gasteiger partial charge in [-0.05, 0) is 44.7 Å². The van der Waals surface area contributed by atoms with Crippen LogP contribution >= 0.6 is 0 Å². The van der Waals surface area contributed by atoms with Crippen LogP contribution < -0.4 is 0 Å². The Balaban J connectivity index is 1.79. The van der Waals surface area contributed by atoms with Crippen molar-refractivity contribution in [2.24, 2.45) is 5.92 Å². The van der Waals surface area contributed by atoms with Gasteiger partial charge in [0, 0.05) is 26.1 Å². The molecule has 0 atom stereocenters. The summed E-state index contributed by atoms with van der Waals surface area (Å²) in [5.74, 6) is -3.39. The Bertz CT molecular complexity index is 327. The van der Waals surface area contributed by atoms with E-state index in [1.54, 1.807) is 0 Å². The van der Waals surface area contributed by atoms with Crippen LogP contribution in [0.5, 0.6) is 0 Å². The molecule has 0 aromatic rings. The first-order valence-electron chi connectivity index (χ1n) is 7.83. The van der Waals surface area contributed by atoms with E-state index >= 15 is 0 Å². The molecule has 0 radical (unpaired) electrons. The number of alkyl halides is 2. The third kappa shape index (κ3) is 3.68. The van der Waals surface area contributed by atoms with E-state index in [1.165, 1.54) is 24.2 Å². The van der Waals surface area contributed by atoms with Crippen molar-refractivity contribution in [2.75, 3.05) is 26.2 Å². The summed E-state index contributed by atoms with van der Waals surface area (Å²) in [6.07, 6.45) is 5.43. The maximum absolute atomic E-state index is 13.0. The number of piperidine rings is 2. The third-order valence-corrected chi connectivity index (χ3v) is 4.87. The summed E-state index contributed by atoms with van der Waals surface area (Å²) >= 11 is 0. The summed E-state index contributed by atoms with van der Waals surface area (Å²) in [7, 11) is 0. The van der Waals surface area contributed by atoms with Gasteiger partial charge in [0.05, 0.1) is 0 Å². The maximum Gasteiger partial charge on any atom is 0.322 e. The predicted octanol–water partition coefficient (Wildman–Crippen LogP) is 2.75. The monoisotopic (exact) mass is 288 g/mol. The number of amides is 1. The van der Waals surface area contributed by atoms with Crippen molar-refractivity contribution in [2.45, 2.75) is 57.9 Å². The lowest BCUT2D eigenvalue weighted by atomic mass is 9.92. The van der Waals surface area contributed by atoms with Gasteiger partial charge < -0.3 is 9.80 Å². The molecular weight excluding hydrogens is 262 g/mol. The summed E-state index contributed by atoms with van der Waals surface area (Å²) < 4.78 is 26.1. The summed E-state index contributed by atoms with van der Waals surface area (Å²) in [5.41, 5.74) is 0. The fraction of sp³-hybridized carbons (Fsp3) is 0.933.